The molecule has 1 aromatic rings. The van der Waals surface area contributed by atoms with E-state index >= 15 is 0 Å². The zero-order valence-corrected chi connectivity index (χ0v) is 18.5. The molecule has 1 atom stereocenters. The maximum absolute atomic E-state index is 13.0. The normalized spacial score (nSPS) is 25.6. The lowest BCUT2D eigenvalue weighted by Gasteiger charge is -2.40. The lowest BCUT2D eigenvalue weighted by molar-refractivity contribution is -0.135. The van der Waals surface area contributed by atoms with Crippen molar-refractivity contribution in [3.63, 3.8) is 0 Å². The number of morpholine rings is 1. The van der Waals surface area contributed by atoms with Crippen LogP contribution < -0.4 is 5.32 Å². The highest BCUT2D eigenvalue weighted by molar-refractivity contribution is 5.78. The quantitative estimate of drug-likeness (QED) is 0.807. The molecule has 6 nitrogen and oxygen atoms in total. The molecule has 2 aliphatic carbocycles. The summed E-state index contributed by atoms with van der Waals surface area (Å²) in [4.78, 5) is 29.7. The molecule has 3 amide bonds. The standard InChI is InChI=1S/C25H35N3O3/c29-23(27-13-15-31-16-14-27)17-19-18-25(22-8-4-3-7-21(19)22)9-11-28(12-10-25)24(30)26-20-5-1-2-6-20/h3-4,7-8,19-20H,1-2,5-6,9-18H2,(H,26,30). The second-order valence-electron chi connectivity index (χ2n) is 9.88. The van der Waals surface area contributed by atoms with E-state index in [0.29, 0.717) is 38.8 Å². The number of nitrogens with zero attached hydrogens (tertiary/aromatic N) is 2. The minimum Gasteiger partial charge on any atom is -0.378 e. The Bertz CT molecular complexity index is 806. The second-order valence-corrected chi connectivity index (χ2v) is 9.88. The average Bonchev–Trinajstić information content (AvgIpc) is 3.42. The van der Waals surface area contributed by atoms with E-state index in [4.69, 9.17) is 4.74 Å². The number of benzene rings is 1. The molecule has 4 aliphatic rings. The number of urea groups is 1. The molecule has 1 unspecified atom stereocenters. The minimum atomic E-state index is 0.108. The third kappa shape index (κ3) is 4.19. The lowest BCUT2D eigenvalue weighted by Crippen LogP contribution is -2.50. The maximum Gasteiger partial charge on any atom is 0.317 e. The third-order valence-electron chi connectivity index (χ3n) is 8.08. The highest BCUT2D eigenvalue weighted by Crippen LogP contribution is 2.52. The van der Waals surface area contributed by atoms with Crippen molar-refractivity contribution in [1.82, 2.24) is 15.1 Å². The SMILES string of the molecule is O=C(CC1CC2(CCN(C(=O)NC3CCCC3)CC2)c2ccccc21)N1CCOCC1. The number of nitrogens with one attached hydrogen (secondary N) is 1. The van der Waals surface area contributed by atoms with Gasteiger partial charge < -0.3 is 19.9 Å². The van der Waals surface area contributed by atoms with Gasteiger partial charge in [0.15, 0.2) is 0 Å². The summed E-state index contributed by atoms with van der Waals surface area (Å²) in [5.41, 5.74) is 2.88. The van der Waals surface area contributed by atoms with Crippen LogP contribution in [0, 0.1) is 0 Å². The van der Waals surface area contributed by atoms with Gasteiger partial charge in [-0.25, -0.2) is 4.79 Å². The van der Waals surface area contributed by atoms with Crippen LogP contribution in [-0.2, 0) is 14.9 Å². The van der Waals surface area contributed by atoms with Gasteiger partial charge in [-0.3, -0.25) is 4.79 Å². The molecule has 0 bridgehead atoms. The Morgan fingerprint density at radius 1 is 1.00 bits per heavy atom. The number of fused-ring (bicyclic) bond motifs is 2. The molecule has 1 aromatic carbocycles. The van der Waals surface area contributed by atoms with Gasteiger partial charge in [-0.1, -0.05) is 37.1 Å². The molecule has 0 aromatic heterocycles. The number of likely N-dealkylation sites (tertiary alicyclic amines) is 1. The molecule has 5 rings (SSSR count). The zero-order chi connectivity index (χ0) is 21.3. The lowest BCUT2D eigenvalue weighted by atomic mass is 9.73. The van der Waals surface area contributed by atoms with Gasteiger partial charge in [0.2, 0.25) is 5.91 Å². The first kappa shape index (κ1) is 20.8. The van der Waals surface area contributed by atoms with Crippen LogP contribution in [0.5, 0.6) is 0 Å². The molecule has 6 heteroatoms. The average molecular weight is 426 g/mol. The molecular formula is C25H35N3O3. The van der Waals surface area contributed by atoms with Crippen molar-refractivity contribution in [2.75, 3.05) is 39.4 Å². The van der Waals surface area contributed by atoms with Gasteiger partial charge in [0, 0.05) is 38.6 Å². The Labute approximate surface area is 185 Å². The summed E-state index contributed by atoms with van der Waals surface area (Å²) < 4.78 is 5.41. The van der Waals surface area contributed by atoms with Crippen molar-refractivity contribution in [1.29, 1.82) is 0 Å². The van der Waals surface area contributed by atoms with E-state index in [1.165, 1.54) is 24.0 Å². The molecule has 168 valence electrons. The van der Waals surface area contributed by atoms with Crippen molar-refractivity contribution >= 4 is 11.9 Å². The molecule has 2 aliphatic heterocycles. The van der Waals surface area contributed by atoms with E-state index in [1.807, 2.05) is 9.80 Å². The topological polar surface area (TPSA) is 61.9 Å². The van der Waals surface area contributed by atoms with E-state index in [2.05, 4.69) is 29.6 Å². The number of carbonyl (C=O) groups excluding carboxylic acids is 2. The van der Waals surface area contributed by atoms with E-state index in [1.54, 1.807) is 0 Å². The van der Waals surface area contributed by atoms with Crippen LogP contribution in [0.15, 0.2) is 24.3 Å². The summed E-state index contributed by atoms with van der Waals surface area (Å²) in [6, 6.07) is 9.21. The summed E-state index contributed by atoms with van der Waals surface area (Å²) in [5, 5.41) is 3.24. The summed E-state index contributed by atoms with van der Waals surface area (Å²) in [5.74, 6) is 0.541. The predicted octanol–water partition coefficient (Wildman–Crippen LogP) is 3.41. The first-order valence-corrected chi connectivity index (χ1v) is 12.1. The van der Waals surface area contributed by atoms with Crippen molar-refractivity contribution in [3.8, 4) is 0 Å². The first-order chi connectivity index (χ1) is 15.1. The summed E-state index contributed by atoms with van der Waals surface area (Å²) in [6.45, 7) is 4.33. The van der Waals surface area contributed by atoms with Crippen LogP contribution in [0.2, 0.25) is 0 Å². The number of hydrogen-bond donors (Lipinski definition) is 1. The van der Waals surface area contributed by atoms with Gasteiger partial charge in [0.05, 0.1) is 13.2 Å². The fourth-order valence-corrected chi connectivity index (χ4v) is 6.31. The van der Waals surface area contributed by atoms with E-state index in [0.717, 1.165) is 45.2 Å². The van der Waals surface area contributed by atoms with Crippen LogP contribution in [0.3, 0.4) is 0 Å². The Balaban J connectivity index is 1.25. The molecule has 2 heterocycles. The van der Waals surface area contributed by atoms with E-state index < -0.39 is 0 Å². The molecule has 0 radical (unpaired) electrons. The van der Waals surface area contributed by atoms with Gasteiger partial charge in [0.1, 0.15) is 0 Å². The Hall–Kier alpha value is -2.08. The molecule has 3 fully saturated rings. The van der Waals surface area contributed by atoms with Crippen LogP contribution in [0.25, 0.3) is 0 Å². The second kappa shape index (κ2) is 8.81. The molecule has 2 saturated heterocycles. The van der Waals surface area contributed by atoms with Crippen molar-refractivity contribution in [2.24, 2.45) is 0 Å². The van der Waals surface area contributed by atoms with Crippen LogP contribution in [-0.4, -0.2) is 67.2 Å². The third-order valence-corrected chi connectivity index (χ3v) is 8.08. The first-order valence-electron chi connectivity index (χ1n) is 12.1. The number of rotatable bonds is 3. The van der Waals surface area contributed by atoms with Gasteiger partial charge in [-0.15, -0.1) is 0 Å². The summed E-state index contributed by atoms with van der Waals surface area (Å²) in [7, 11) is 0. The number of hydrogen-bond acceptors (Lipinski definition) is 3. The fourth-order valence-electron chi connectivity index (χ4n) is 6.31. The summed E-state index contributed by atoms with van der Waals surface area (Å²) >= 11 is 0. The van der Waals surface area contributed by atoms with Crippen molar-refractivity contribution in [2.45, 2.75) is 68.7 Å². The maximum atomic E-state index is 13.0. The predicted molar refractivity (Wildman–Crippen MR) is 119 cm³/mol. The zero-order valence-electron chi connectivity index (χ0n) is 18.5. The smallest absolute Gasteiger partial charge is 0.317 e. The number of carbonyl (C=O) groups is 2. The number of amides is 3. The Kier molecular flexibility index (Phi) is 5.91. The Morgan fingerprint density at radius 3 is 2.45 bits per heavy atom. The molecule has 1 N–H and O–H groups in total. The monoisotopic (exact) mass is 425 g/mol. The largest absolute Gasteiger partial charge is 0.378 e. The molecule has 1 saturated carbocycles. The molecule has 1 spiro atoms. The van der Waals surface area contributed by atoms with E-state index in [9.17, 15) is 9.59 Å². The highest BCUT2D eigenvalue weighted by atomic mass is 16.5. The Morgan fingerprint density at radius 2 is 1.71 bits per heavy atom. The summed E-state index contributed by atoms with van der Waals surface area (Å²) in [6.07, 6.45) is 8.30. The molecule has 31 heavy (non-hydrogen) atoms. The van der Waals surface area contributed by atoms with Gasteiger partial charge in [-0.2, -0.15) is 0 Å². The van der Waals surface area contributed by atoms with Crippen LogP contribution >= 0.6 is 0 Å². The molecular weight excluding hydrogens is 390 g/mol. The van der Waals surface area contributed by atoms with Gasteiger partial charge >= 0.3 is 6.03 Å². The van der Waals surface area contributed by atoms with Crippen LogP contribution in [0.1, 0.15) is 68.4 Å². The number of ether oxygens (including phenoxy) is 1. The fraction of sp³-hybridized carbons (Fsp3) is 0.680. The minimum absolute atomic E-state index is 0.108. The van der Waals surface area contributed by atoms with E-state index in [-0.39, 0.29) is 23.3 Å². The highest BCUT2D eigenvalue weighted by Gasteiger charge is 2.46. The van der Waals surface area contributed by atoms with Crippen LogP contribution in [0.4, 0.5) is 4.79 Å². The van der Waals surface area contributed by atoms with Crippen molar-refractivity contribution in [3.05, 3.63) is 35.4 Å². The van der Waals surface area contributed by atoms with Gasteiger partial charge in [0.25, 0.3) is 0 Å². The number of piperidine rings is 1. The van der Waals surface area contributed by atoms with Crippen molar-refractivity contribution < 1.29 is 14.3 Å². The van der Waals surface area contributed by atoms with Gasteiger partial charge in [-0.05, 0) is 54.6 Å².